The van der Waals surface area contributed by atoms with E-state index >= 15 is 0 Å². The van der Waals surface area contributed by atoms with E-state index in [1.165, 1.54) is 12.1 Å². The number of amides is 1. The van der Waals surface area contributed by atoms with Gasteiger partial charge in [0, 0.05) is 11.9 Å². The molecule has 0 fully saturated rings. The van der Waals surface area contributed by atoms with Gasteiger partial charge >= 0.3 is 12.1 Å². The third-order valence-electron chi connectivity index (χ3n) is 2.81. The molecule has 2 aromatic rings. The molecular formula is C14H15N3O4. The third kappa shape index (κ3) is 3.59. The molecule has 1 heterocycles. The minimum atomic E-state index is -0.976. The largest absolute Gasteiger partial charge is 0.478 e. The molecule has 0 aliphatic rings. The van der Waals surface area contributed by atoms with Crippen molar-refractivity contribution in [2.75, 3.05) is 13.2 Å². The first-order valence-corrected chi connectivity index (χ1v) is 6.32. The zero-order valence-corrected chi connectivity index (χ0v) is 11.3. The van der Waals surface area contributed by atoms with Gasteiger partial charge in [0.05, 0.1) is 23.8 Å². The second-order valence-corrected chi connectivity index (χ2v) is 4.26. The molecule has 0 unspecified atom stereocenters. The van der Waals surface area contributed by atoms with Crippen LogP contribution in [0.25, 0.3) is 10.9 Å². The highest BCUT2D eigenvalue weighted by atomic mass is 16.5. The van der Waals surface area contributed by atoms with Crippen molar-refractivity contribution in [3.05, 3.63) is 42.6 Å². The van der Waals surface area contributed by atoms with Crippen LogP contribution in [0, 0.1) is 0 Å². The van der Waals surface area contributed by atoms with Gasteiger partial charge in [-0.2, -0.15) is 5.10 Å². The number of carbonyl (C=O) groups excluding carboxylic acids is 1. The van der Waals surface area contributed by atoms with Gasteiger partial charge in [-0.1, -0.05) is 12.7 Å². The monoisotopic (exact) mass is 289 g/mol. The summed E-state index contributed by atoms with van der Waals surface area (Å²) in [6.07, 6.45) is 2.57. The van der Waals surface area contributed by atoms with Crippen molar-refractivity contribution < 1.29 is 19.4 Å². The summed E-state index contributed by atoms with van der Waals surface area (Å²) < 4.78 is 6.47. The lowest BCUT2D eigenvalue weighted by molar-refractivity contribution is 0.0697. The van der Waals surface area contributed by atoms with E-state index in [1.54, 1.807) is 23.0 Å². The summed E-state index contributed by atoms with van der Waals surface area (Å²) >= 11 is 0. The fraction of sp³-hybridized carbons (Fsp3) is 0.214. The lowest BCUT2D eigenvalue weighted by atomic mass is 10.1. The standard InChI is InChI=1S/C14H15N3O4/c1-2-7-21-14(20)15-5-6-17-12-4-3-10(13(18)19)8-11(12)9-16-17/h2-4,8-9H,1,5-7H2,(H,15,20)(H,18,19). The highest BCUT2D eigenvalue weighted by molar-refractivity contribution is 5.93. The molecular weight excluding hydrogens is 274 g/mol. The molecule has 1 amide bonds. The van der Waals surface area contributed by atoms with Crippen LogP contribution in [0.2, 0.25) is 0 Å². The summed E-state index contributed by atoms with van der Waals surface area (Å²) in [6, 6.07) is 4.78. The molecule has 7 nitrogen and oxygen atoms in total. The van der Waals surface area contributed by atoms with Gasteiger partial charge in [-0.25, -0.2) is 9.59 Å². The predicted octanol–water partition coefficient (Wildman–Crippen LogP) is 1.65. The number of carboxylic acid groups (broad SMARTS) is 1. The summed E-state index contributed by atoms with van der Waals surface area (Å²) in [4.78, 5) is 22.1. The Kier molecular flexibility index (Phi) is 4.55. The van der Waals surface area contributed by atoms with Crippen LogP contribution in [0.1, 0.15) is 10.4 Å². The second-order valence-electron chi connectivity index (χ2n) is 4.26. The zero-order valence-electron chi connectivity index (χ0n) is 11.3. The van der Waals surface area contributed by atoms with Gasteiger partial charge in [0.1, 0.15) is 6.61 Å². The molecule has 0 spiro atoms. The summed E-state index contributed by atoms with van der Waals surface area (Å²) in [5.74, 6) is -0.976. The average molecular weight is 289 g/mol. The normalized spacial score (nSPS) is 10.3. The summed E-state index contributed by atoms with van der Waals surface area (Å²) in [7, 11) is 0. The number of hydrogen-bond donors (Lipinski definition) is 2. The Bertz CT molecular complexity index is 678. The number of alkyl carbamates (subject to hydrolysis) is 1. The van der Waals surface area contributed by atoms with Gasteiger partial charge in [-0.05, 0) is 18.2 Å². The van der Waals surface area contributed by atoms with E-state index in [-0.39, 0.29) is 12.2 Å². The molecule has 0 atom stereocenters. The Morgan fingerprint density at radius 1 is 1.48 bits per heavy atom. The average Bonchev–Trinajstić information content (AvgIpc) is 2.87. The molecule has 0 radical (unpaired) electrons. The van der Waals surface area contributed by atoms with Crippen LogP contribution < -0.4 is 5.32 Å². The minimum absolute atomic E-state index is 0.161. The minimum Gasteiger partial charge on any atom is -0.478 e. The molecule has 0 aliphatic heterocycles. The fourth-order valence-corrected chi connectivity index (χ4v) is 1.85. The van der Waals surface area contributed by atoms with Crippen LogP contribution in [-0.2, 0) is 11.3 Å². The Morgan fingerprint density at radius 3 is 3.00 bits per heavy atom. The number of aromatic nitrogens is 2. The third-order valence-corrected chi connectivity index (χ3v) is 2.81. The summed E-state index contributed by atoms with van der Waals surface area (Å²) in [5.41, 5.74) is 1.02. The Morgan fingerprint density at radius 2 is 2.29 bits per heavy atom. The lowest BCUT2D eigenvalue weighted by Gasteiger charge is -2.06. The fourth-order valence-electron chi connectivity index (χ4n) is 1.85. The number of hydrogen-bond acceptors (Lipinski definition) is 4. The first-order valence-electron chi connectivity index (χ1n) is 6.32. The molecule has 21 heavy (non-hydrogen) atoms. The van der Waals surface area contributed by atoms with Gasteiger partial charge in [-0.15, -0.1) is 0 Å². The topological polar surface area (TPSA) is 93.5 Å². The van der Waals surface area contributed by atoms with Gasteiger partial charge in [0.15, 0.2) is 0 Å². The molecule has 1 aromatic carbocycles. The maximum absolute atomic E-state index is 11.2. The SMILES string of the molecule is C=CCOC(=O)NCCn1ncc2cc(C(=O)O)ccc21. The molecule has 0 saturated carbocycles. The van der Waals surface area contributed by atoms with Crippen molar-refractivity contribution in [3.63, 3.8) is 0 Å². The van der Waals surface area contributed by atoms with Gasteiger partial charge in [0.2, 0.25) is 0 Å². The predicted molar refractivity (Wildman–Crippen MR) is 76.2 cm³/mol. The van der Waals surface area contributed by atoms with Crippen LogP contribution in [-0.4, -0.2) is 40.1 Å². The number of fused-ring (bicyclic) bond motifs is 1. The van der Waals surface area contributed by atoms with Crippen LogP contribution in [0.4, 0.5) is 4.79 Å². The summed E-state index contributed by atoms with van der Waals surface area (Å²) in [5, 5.41) is 16.4. The van der Waals surface area contributed by atoms with Crippen molar-refractivity contribution in [2.24, 2.45) is 0 Å². The van der Waals surface area contributed by atoms with E-state index in [1.807, 2.05) is 0 Å². The number of ether oxygens (including phenoxy) is 1. The number of carboxylic acids is 1. The van der Waals surface area contributed by atoms with Crippen molar-refractivity contribution >= 4 is 23.0 Å². The molecule has 0 aliphatic carbocycles. The van der Waals surface area contributed by atoms with E-state index in [2.05, 4.69) is 17.0 Å². The Labute approximate surface area is 120 Å². The molecule has 2 N–H and O–H groups in total. The quantitative estimate of drug-likeness (QED) is 0.789. The number of rotatable bonds is 6. The van der Waals surface area contributed by atoms with E-state index < -0.39 is 12.1 Å². The summed E-state index contributed by atoms with van der Waals surface area (Å²) in [6.45, 7) is 4.42. The molecule has 0 saturated heterocycles. The first-order chi connectivity index (χ1) is 10.1. The van der Waals surface area contributed by atoms with Crippen LogP contribution >= 0.6 is 0 Å². The van der Waals surface area contributed by atoms with E-state index in [4.69, 9.17) is 9.84 Å². The van der Waals surface area contributed by atoms with Crippen molar-refractivity contribution in [3.8, 4) is 0 Å². The maximum atomic E-state index is 11.2. The van der Waals surface area contributed by atoms with Gasteiger partial charge in [0.25, 0.3) is 0 Å². The molecule has 1 aromatic heterocycles. The Balaban J connectivity index is 1.98. The number of carbonyl (C=O) groups is 2. The smallest absolute Gasteiger partial charge is 0.407 e. The maximum Gasteiger partial charge on any atom is 0.407 e. The molecule has 110 valence electrons. The zero-order chi connectivity index (χ0) is 15.2. The number of benzene rings is 1. The second kappa shape index (κ2) is 6.56. The molecule has 0 bridgehead atoms. The van der Waals surface area contributed by atoms with E-state index in [0.717, 1.165) is 10.9 Å². The Hall–Kier alpha value is -2.83. The molecule has 7 heteroatoms. The van der Waals surface area contributed by atoms with E-state index in [9.17, 15) is 9.59 Å². The highest BCUT2D eigenvalue weighted by Crippen LogP contribution is 2.15. The van der Waals surface area contributed by atoms with Gasteiger partial charge in [-0.3, -0.25) is 4.68 Å². The molecule has 2 rings (SSSR count). The van der Waals surface area contributed by atoms with Crippen LogP contribution in [0.3, 0.4) is 0 Å². The van der Waals surface area contributed by atoms with Crippen molar-refractivity contribution in [2.45, 2.75) is 6.54 Å². The number of nitrogens with zero attached hydrogens (tertiary/aromatic N) is 2. The van der Waals surface area contributed by atoms with Gasteiger partial charge < -0.3 is 15.2 Å². The lowest BCUT2D eigenvalue weighted by Crippen LogP contribution is -2.28. The van der Waals surface area contributed by atoms with Crippen LogP contribution in [0.5, 0.6) is 0 Å². The van der Waals surface area contributed by atoms with Crippen molar-refractivity contribution in [1.82, 2.24) is 15.1 Å². The highest BCUT2D eigenvalue weighted by Gasteiger charge is 2.08. The first kappa shape index (κ1) is 14.6. The van der Waals surface area contributed by atoms with Crippen molar-refractivity contribution in [1.29, 1.82) is 0 Å². The van der Waals surface area contributed by atoms with Crippen LogP contribution in [0.15, 0.2) is 37.1 Å². The number of aromatic carboxylic acids is 1. The number of nitrogens with one attached hydrogen (secondary N) is 1. The van der Waals surface area contributed by atoms with E-state index in [0.29, 0.717) is 13.1 Å².